The molecular weight excluding hydrogens is 348 g/mol. The number of fused-ring (bicyclic) bond motifs is 1. The van der Waals surface area contributed by atoms with Crippen LogP contribution in [0.1, 0.15) is 10.4 Å². The first-order valence-electron chi connectivity index (χ1n) is 7.88. The van der Waals surface area contributed by atoms with Crippen LogP contribution in [0, 0.1) is 0 Å². The number of pyridine rings is 1. The molecule has 0 atom stereocenters. The number of aromatic nitrogens is 3. The molecule has 7 heteroatoms. The highest BCUT2D eigenvalue weighted by Crippen LogP contribution is 2.24. The fraction of sp³-hybridized carbons (Fsp3) is 0.0526. The van der Waals surface area contributed by atoms with Gasteiger partial charge < -0.3 is 4.74 Å². The Bertz CT molecular complexity index is 1070. The number of carbonyl (C=O) groups excluding carboxylic acids is 1. The van der Waals surface area contributed by atoms with E-state index in [9.17, 15) is 4.79 Å². The molecule has 0 unspecified atom stereocenters. The van der Waals surface area contributed by atoms with Gasteiger partial charge in [0.25, 0.3) is 5.91 Å². The van der Waals surface area contributed by atoms with Gasteiger partial charge in [0.05, 0.1) is 18.2 Å². The zero-order valence-corrected chi connectivity index (χ0v) is 14.7. The molecule has 0 spiro atoms. The molecule has 1 N–H and O–H groups in total. The maximum absolute atomic E-state index is 12.6. The Balaban J connectivity index is 1.57. The van der Waals surface area contributed by atoms with Crippen molar-refractivity contribution in [2.45, 2.75) is 0 Å². The maximum atomic E-state index is 12.6. The summed E-state index contributed by atoms with van der Waals surface area (Å²) in [5.41, 5.74) is 2.19. The largest absolute Gasteiger partial charge is 0.497 e. The molecule has 4 rings (SSSR count). The Hall–Kier alpha value is -3.32. The quantitative estimate of drug-likeness (QED) is 0.593. The second-order valence-electron chi connectivity index (χ2n) is 5.48. The predicted molar refractivity (Wildman–Crippen MR) is 102 cm³/mol. The normalized spacial score (nSPS) is 10.7. The summed E-state index contributed by atoms with van der Waals surface area (Å²) in [4.78, 5) is 21.3. The van der Waals surface area contributed by atoms with Crippen molar-refractivity contribution in [2.24, 2.45) is 0 Å². The summed E-state index contributed by atoms with van der Waals surface area (Å²) in [7, 11) is 1.62. The number of amides is 1. The van der Waals surface area contributed by atoms with E-state index < -0.39 is 0 Å². The number of carbonyl (C=O) groups is 1. The third-order valence-corrected chi connectivity index (χ3v) is 4.52. The number of nitrogens with zero attached hydrogens (tertiary/aromatic N) is 3. The van der Waals surface area contributed by atoms with Gasteiger partial charge in [0.15, 0.2) is 5.82 Å². The van der Waals surface area contributed by atoms with Gasteiger partial charge in [-0.15, -0.1) is 0 Å². The molecule has 2 aromatic carbocycles. The smallest absolute Gasteiger partial charge is 0.258 e. The number of para-hydroxylation sites is 1. The van der Waals surface area contributed by atoms with E-state index in [1.165, 1.54) is 0 Å². The van der Waals surface area contributed by atoms with E-state index in [0.717, 1.165) is 33.7 Å². The standard InChI is InChI=1S/C19H14N4O2S/c1-25-13-8-6-12(7-9-13)17-21-19(26-23-17)22-18(24)15-10-11-20-16-5-3-2-4-14(15)16/h2-11H,1H3,(H,21,22,23,24). The highest BCUT2D eigenvalue weighted by atomic mass is 32.1. The molecular formula is C19H14N4O2S. The minimum Gasteiger partial charge on any atom is -0.497 e. The average Bonchev–Trinajstić information content (AvgIpc) is 3.16. The Kier molecular flexibility index (Phi) is 4.28. The topological polar surface area (TPSA) is 77.0 Å². The van der Waals surface area contributed by atoms with Gasteiger partial charge in [-0.3, -0.25) is 15.1 Å². The van der Waals surface area contributed by atoms with Crippen LogP contribution < -0.4 is 10.1 Å². The fourth-order valence-corrected chi connectivity index (χ4v) is 3.17. The van der Waals surface area contributed by atoms with E-state index in [2.05, 4.69) is 19.7 Å². The average molecular weight is 362 g/mol. The Morgan fingerprint density at radius 2 is 1.88 bits per heavy atom. The predicted octanol–water partition coefficient (Wildman–Crippen LogP) is 4.01. The second kappa shape index (κ2) is 6.89. The monoisotopic (exact) mass is 362 g/mol. The summed E-state index contributed by atoms with van der Waals surface area (Å²) in [6, 6.07) is 16.7. The van der Waals surface area contributed by atoms with Gasteiger partial charge in [-0.05, 0) is 36.4 Å². The molecule has 0 aliphatic rings. The van der Waals surface area contributed by atoms with E-state index in [-0.39, 0.29) is 5.91 Å². The summed E-state index contributed by atoms with van der Waals surface area (Å²) in [6.45, 7) is 0. The van der Waals surface area contributed by atoms with Crippen molar-refractivity contribution < 1.29 is 9.53 Å². The van der Waals surface area contributed by atoms with Crippen molar-refractivity contribution >= 4 is 33.5 Å². The van der Waals surface area contributed by atoms with Crippen LogP contribution in [-0.2, 0) is 0 Å². The molecule has 6 nitrogen and oxygen atoms in total. The third-order valence-electron chi connectivity index (χ3n) is 3.89. The lowest BCUT2D eigenvalue weighted by Gasteiger charge is -2.05. The molecule has 2 heterocycles. The van der Waals surface area contributed by atoms with Crippen molar-refractivity contribution in [3.05, 3.63) is 66.4 Å². The van der Waals surface area contributed by atoms with Gasteiger partial charge in [-0.2, -0.15) is 9.36 Å². The van der Waals surface area contributed by atoms with Gasteiger partial charge in [-0.1, -0.05) is 18.2 Å². The molecule has 0 aliphatic heterocycles. The van der Waals surface area contributed by atoms with Gasteiger partial charge in [0, 0.05) is 28.7 Å². The highest BCUT2D eigenvalue weighted by Gasteiger charge is 2.14. The van der Waals surface area contributed by atoms with Crippen LogP contribution in [0.5, 0.6) is 5.75 Å². The Labute approximate surface area is 153 Å². The van der Waals surface area contributed by atoms with Crippen molar-refractivity contribution in [1.82, 2.24) is 14.3 Å². The van der Waals surface area contributed by atoms with Crippen LogP contribution in [0.2, 0.25) is 0 Å². The zero-order valence-electron chi connectivity index (χ0n) is 13.8. The van der Waals surface area contributed by atoms with E-state index in [4.69, 9.17) is 4.74 Å². The summed E-state index contributed by atoms with van der Waals surface area (Å²) < 4.78 is 9.46. The molecule has 0 saturated carbocycles. The van der Waals surface area contributed by atoms with E-state index in [1.54, 1.807) is 19.4 Å². The van der Waals surface area contributed by atoms with E-state index >= 15 is 0 Å². The minimum absolute atomic E-state index is 0.235. The maximum Gasteiger partial charge on any atom is 0.258 e. The molecule has 0 aliphatic carbocycles. The minimum atomic E-state index is -0.235. The Morgan fingerprint density at radius 3 is 2.69 bits per heavy atom. The number of rotatable bonds is 4. The first-order chi connectivity index (χ1) is 12.7. The molecule has 0 bridgehead atoms. The van der Waals surface area contributed by atoms with Gasteiger partial charge in [-0.25, -0.2) is 0 Å². The summed E-state index contributed by atoms with van der Waals surface area (Å²) >= 11 is 1.14. The highest BCUT2D eigenvalue weighted by molar-refractivity contribution is 7.10. The summed E-state index contributed by atoms with van der Waals surface area (Å²) in [5, 5.41) is 4.06. The third kappa shape index (κ3) is 3.12. The number of ether oxygens (including phenoxy) is 1. The summed E-state index contributed by atoms with van der Waals surface area (Å²) in [5.74, 6) is 1.09. The molecule has 128 valence electrons. The first kappa shape index (κ1) is 16.2. The number of anilines is 1. The number of hydrogen-bond donors (Lipinski definition) is 1. The second-order valence-corrected chi connectivity index (χ2v) is 6.23. The molecule has 1 amide bonds. The van der Waals surface area contributed by atoms with Crippen molar-refractivity contribution in [2.75, 3.05) is 12.4 Å². The number of methoxy groups -OCH3 is 1. The molecule has 4 aromatic rings. The lowest BCUT2D eigenvalue weighted by atomic mass is 10.1. The van der Waals surface area contributed by atoms with Crippen LogP contribution in [-0.4, -0.2) is 27.4 Å². The fourth-order valence-electron chi connectivity index (χ4n) is 2.59. The SMILES string of the molecule is COc1ccc(-c2nsc(NC(=O)c3ccnc4ccccc34)n2)cc1. The van der Waals surface area contributed by atoms with Crippen LogP contribution >= 0.6 is 11.5 Å². The lowest BCUT2D eigenvalue weighted by molar-refractivity contribution is 0.102. The van der Waals surface area contributed by atoms with Crippen LogP contribution in [0.15, 0.2) is 60.8 Å². The van der Waals surface area contributed by atoms with Crippen LogP contribution in [0.4, 0.5) is 5.13 Å². The van der Waals surface area contributed by atoms with Crippen molar-refractivity contribution in [1.29, 1.82) is 0 Å². The Morgan fingerprint density at radius 1 is 1.08 bits per heavy atom. The van der Waals surface area contributed by atoms with E-state index in [0.29, 0.717) is 16.5 Å². The molecule has 26 heavy (non-hydrogen) atoms. The number of nitrogens with one attached hydrogen (secondary N) is 1. The summed E-state index contributed by atoms with van der Waals surface area (Å²) in [6.07, 6.45) is 1.63. The van der Waals surface area contributed by atoms with Gasteiger partial charge in [0.1, 0.15) is 5.75 Å². The molecule has 0 saturated heterocycles. The van der Waals surface area contributed by atoms with Crippen molar-refractivity contribution in [3.63, 3.8) is 0 Å². The van der Waals surface area contributed by atoms with Crippen LogP contribution in [0.3, 0.4) is 0 Å². The number of hydrogen-bond acceptors (Lipinski definition) is 6. The van der Waals surface area contributed by atoms with E-state index in [1.807, 2.05) is 48.5 Å². The van der Waals surface area contributed by atoms with Crippen LogP contribution in [0.25, 0.3) is 22.3 Å². The van der Waals surface area contributed by atoms with Gasteiger partial charge in [0.2, 0.25) is 5.13 Å². The first-order valence-corrected chi connectivity index (χ1v) is 8.65. The molecule has 0 radical (unpaired) electrons. The molecule has 2 aromatic heterocycles. The zero-order chi connectivity index (χ0) is 17.9. The number of benzene rings is 2. The van der Waals surface area contributed by atoms with Crippen molar-refractivity contribution in [3.8, 4) is 17.1 Å². The lowest BCUT2D eigenvalue weighted by Crippen LogP contribution is -2.12. The van der Waals surface area contributed by atoms with Gasteiger partial charge >= 0.3 is 0 Å². The molecule has 0 fully saturated rings.